The molecule has 0 fully saturated rings. The van der Waals surface area contributed by atoms with Gasteiger partial charge in [0.05, 0.1) is 24.1 Å². The molecule has 2 rings (SSSR count). The smallest absolute Gasteiger partial charge is 0.109 e. The topological polar surface area (TPSA) is 29.9 Å². The average Bonchev–Trinajstić information content (AvgIpc) is 2.70. The lowest BCUT2D eigenvalue weighted by Crippen LogP contribution is -2.05. The molecule has 90 valence electrons. The maximum Gasteiger partial charge on any atom is 0.109 e. The first-order valence-electron chi connectivity index (χ1n) is 5.67. The number of nitrogens with zero attached hydrogens (tertiary/aromatic N) is 2. The quantitative estimate of drug-likeness (QED) is 0.860. The third-order valence-electron chi connectivity index (χ3n) is 2.73. The van der Waals surface area contributed by atoms with Crippen molar-refractivity contribution >= 4 is 5.69 Å². The van der Waals surface area contributed by atoms with Crippen LogP contribution in [0.25, 0.3) is 0 Å². The molecule has 2 aromatic rings. The van der Waals surface area contributed by atoms with Crippen LogP contribution in [0, 0.1) is 6.92 Å². The van der Waals surface area contributed by atoms with Crippen molar-refractivity contribution in [3.05, 3.63) is 47.8 Å². The van der Waals surface area contributed by atoms with Crippen LogP contribution in [0.1, 0.15) is 11.3 Å². The minimum atomic E-state index is -0.388. The van der Waals surface area contributed by atoms with Gasteiger partial charge in [-0.2, -0.15) is 5.10 Å². The van der Waals surface area contributed by atoms with E-state index in [2.05, 4.69) is 22.5 Å². The number of hydrogen-bond donors (Lipinski definition) is 1. The van der Waals surface area contributed by atoms with Gasteiger partial charge in [-0.3, -0.25) is 4.68 Å². The largest absolute Gasteiger partial charge is 0.378 e. The summed E-state index contributed by atoms with van der Waals surface area (Å²) < 4.78 is 13.9. The second-order valence-electron chi connectivity index (χ2n) is 3.89. The summed E-state index contributed by atoms with van der Waals surface area (Å²) in [6.07, 6.45) is 1.74. The van der Waals surface area contributed by atoms with Crippen LogP contribution in [0.5, 0.6) is 0 Å². The summed E-state index contributed by atoms with van der Waals surface area (Å²) in [5.74, 6) is 0. The van der Waals surface area contributed by atoms with Crippen molar-refractivity contribution < 1.29 is 4.39 Å². The standard InChI is InChI=1S/C13H16FN3/c1-11-13(10-16-17(11)8-7-14)15-9-12-5-3-2-4-6-12/h2-6,10,15H,7-9H2,1H3. The van der Waals surface area contributed by atoms with E-state index in [-0.39, 0.29) is 6.67 Å². The molecule has 17 heavy (non-hydrogen) atoms. The highest BCUT2D eigenvalue weighted by molar-refractivity contribution is 5.46. The molecule has 1 aromatic heterocycles. The number of alkyl halides is 1. The molecule has 3 nitrogen and oxygen atoms in total. The summed E-state index contributed by atoms with van der Waals surface area (Å²) in [5.41, 5.74) is 3.14. The van der Waals surface area contributed by atoms with Crippen molar-refractivity contribution in [2.75, 3.05) is 12.0 Å². The van der Waals surface area contributed by atoms with Gasteiger partial charge in [-0.15, -0.1) is 0 Å². The van der Waals surface area contributed by atoms with Crippen molar-refractivity contribution in [3.63, 3.8) is 0 Å². The van der Waals surface area contributed by atoms with Gasteiger partial charge in [0.2, 0.25) is 0 Å². The molecule has 0 spiro atoms. The molecular weight excluding hydrogens is 217 g/mol. The van der Waals surface area contributed by atoms with Gasteiger partial charge in [0, 0.05) is 6.54 Å². The maximum atomic E-state index is 12.2. The van der Waals surface area contributed by atoms with Crippen LogP contribution in [-0.2, 0) is 13.1 Å². The van der Waals surface area contributed by atoms with Crippen LogP contribution < -0.4 is 5.32 Å². The lowest BCUT2D eigenvalue weighted by molar-refractivity contribution is 0.423. The Bertz CT molecular complexity index is 465. The number of nitrogens with one attached hydrogen (secondary N) is 1. The summed E-state index contributed by atoms with van der Waals surface area (Å²) in [6.45, 7) is 2.62. The number of rotatable bonds is 5. The number of halogens is 1. The Kier molecular flexibility index (Phi) is 3.75. The maximum absolute atomic E-state index is 12.2. The molecule has 1 aromatic carbocycles. The zero-order valence-corrected chi connectivity index (χ0v) is 9.86. The normalized spacial score (nSPS) is 10.5. The van der Waals surface area contributed by atoms with Gasteiger partial charge in [0.25, 0.3) is 0 Å². The molecule has 0 bridgehead atoms. The highest BCUT2D eigenvalue weighted by Crippen LogP contribution is 2.14. The third kappa shape index (κ3) is 2.84. The Hall–Kier alpha value is -1.84. The first-order chi connectivity index (χ1) is 8.31. The predicted octanol–water partition coefficient (Wildman–Crippen LogP) is 2.77. The van der Waals surface area contributed by atoms with Crippen molar-refractivity contribution in [1.29, 1.82) is 0 Å². The van der Waals surface area contributed by atoms with E-state index in [0.29, 0.717) is 6.54 Å². The number of aromatic nitrogens is 2. The van der Waals surface area contributed by atoms with E-state index in [9.17, 15) is 4.39 Å². The minimum absolute atomic E-state index is 0.318. The fraction of sp³-hybridized carbons (Fsp3) is 0.308. The number of aryl methyl sites for hydroxylation is 1. The first-order valence-corrected chi connectivity index (χ1v) is 5.67. The molecule has 1 N–H and O–H groups in total. The van der Waals surface area contributed by atoms with E-state index in [4.69, 9.17) is 0 Å². The zero-order chi connectivity index (χ0) is 12.1. The lowest BCUT2D eigenvalue weighted by atomic mass is 10.2. The summed E-state index contributed by atoms with van der Waals surface area (Å²) >= 11 is 0. The Labute approximate surface area is 100 Å². The highest BCUT2D eigenvalue weighted by atomic mass is 19.1. The van der Waals surface area contributed by atoms with E-state index in [1.165, 1.54) is 5.56 Å². The van der Waals surface area contributed by atoms with Gasteiger partial charge in [-0.1, -0.05) is 30.3 Å². The molecule has 0 amide bonds. The van der Waals surface area contributed by atoms with Crippen molar-refractivity contribution in [1.82, 2.24) is 9.78 Å². The van der Waals surface area contributed by atoms with Crippen LogP contribution in [0.4, 0.5) is 10.1 Å². The second kappa shape index (κ2) is 5.48. The van der Waals surface area contributed by atoms with Crippen LogP contribution in [0.15, 0.2) is 36.5 Å². The van der Waals surface area contributed by atoms with Gasteiger partial charge in [-0.05, 0) is 12.5 Å². The van der Waals surface area contributed by atoms with E-state index in [1.807, 2.05) is 25.1 Å². The average molecular weight is 233 g/mol. The number of hydrogen-bond acceptors (Lipinski definition) is 2. The van der Waals surface area contributed by atoms with E-state index in [0.717, 1.165) is 17.9 Å². The Balaban J connectivity index is 2.00. The molecule has 0 aliphatic rings. The first kappa shape index (κ1) is 11.6. The fourth-order valence-corrected chi connectivity index (χ4v) is 1.72. The van der Waals surface area contributed by atoms with Gasteiger partial charge < -0.3 is 5.32 Å². The van der Waals surface area contributed by atoms with Gasteiger partial charge >= 0.3 is 0 Å². The third-order valence-corrected chi connectivity index (χ3v) is 2.73. The van der Waals surface area contributed by atoms with Gasteiger partial charge in [0.1, 0.15) is 6.67 Å². The molecule has 0 radical (unpaired) electrons. The molecule has 4 heteroatoms. The van der Waals surface area contributed by atoms with Gasteiger partial charge in [-0.25, -0.2) is 4.39 Å². The predicted molar refractivity (Wildman–Crippen MR) is 66.7 cm³/mol. The Morgan fingerprint density at radius 1 is 1.29 bits per heavy atom. The second-order valence-corrected chi connectivity index (χ2v) is 3.89. The van der Waals surface area contributed by atoms with Crippen LogP contribution >= 0.6 is 0 Å². The van der Waals surface area contributed by atoms with Gasteiger partial charge in [0.15, 0.2) is 0 Å². The fourth-order valence-electron chi connectivity index (χ4n) is 1.72. The molecule has 0 aliphatic heterocycles. The highest BCUT2D eigenvalue weighted by Gasteiger charge is 2.05. The van der Waals surface area contributed by atoms with Crippen LogP contribution in [-0.4, -0.2) is 16.5 Å². The summed E-state index contributed by atoms with van der Waals surface area (Å²) in [5, 5.41) is 7.43. The summed E-state index contributed by atoms with van der Waals surface area (Å²) in [7, 11) is 0. The molecule has 0 saturated heterocycles. The minimum Gasteiger partial charge on any atom is -0.378 e. The van der Waals surface area contributed by atoms with Crippen molar-refractivity contribution in [2.45, 2.75) is 20.0 Å². The molecule has 0 atom stereocenters. The Morgan fingerprint density at radius 2 is 2.06 bits per heavy atom. The lowest BCUT2D eigenvalue weighted by Gasteiger charge is -2.06. The Morgan fingerprint density at radius 3 is 2.76 bits per heavy atom. The summed E-state index contributed by atoms with van der Waals surface area (Å²) in [4.78, 5) is 0. The zero-order valence-electron chi connectivity index (χ0n) is 9.86. The van der Waals surface area contributed by atoms with E-state index in [1.54, 1.807) is 10.9 Å². The summed E-state index contributed by atoms with van der Waals surface area (Å²) in [6, 6.07) is 10.1. The van der Waals surface area contributed by atoms with Crippen LogP contribution in [0.3, 0.4) is 0 Å². The molecule has 0 aliphatic carbocycles. The molecular formula is C13H16FN3. The van der Waals surface area contributed by atoms with E-state index >= 15 is 0 Å². The molecule has 1 heterocycles. The van der Waals surface area contributed by atoms with Crippen molar-refractivity contribution in [2.24, 2.45) is 0 Å². The van der Waals surface area contributed by atoms with Crippen LogP contribution in [0.2, 0.25) is 0 Å². The molecule has 0 saturated carbocycles. The number of benzene rings is 1. The molecule has 0 unspecified atom stereocenters. The van der Waals surface area contributed by atoms with E-state index < -0.39 is 0 Å². The number of anilines is 1. The van der Waals surface area contributed by atoms with Crippen molar-refractivity contribution in [3.8, 4) is 0 Å². The SMILES string of the molecule is Cc1c(NCc2ccccc2)cnn1CCF. The monoisotopic (exact) mass is 233 g/mol.